The monoisotopic (exact) mass is 233 g/mol. The zero-order valence-electron chi connectivity index (χ0n) is 8.67. The molecule has 0 N–H and O–H groups in total. The molecule has 2 aromatic heterocycles. The molecule has 0 spiro atoms. The van der Waals surface area contributed by atoms with Crippen molar-refractivity contribution in [2.45, 2.75) is 25.3 Å². The fraction of sp³-hybridized carbons (Fsp3) is 0.364. The molecular formula is C11H11N3OS. The van der Waals surface area contributed by atoms with E-state index in [1.54, 1.807) is 23.6 Å². The molecule has 2 heterocycles. The maximum absolute atomic E-state index is 11.5. The highest BCUT2D eigenvalue weighted by molar-refractivity contribution is 7.09. The van der Waals surface area contributed by atoms with Crippen LogP contribution in [0.15, 0.2) is 28.5 Å². The number of hydrogen-bond acceptors (Lipinski definition) is 4. The molecule has 0 unspecified atom stereocenters. The van der Waals surface area contributed by atoms with Crippen molar-refractivity contribution >= 4 is 11.3 Å². The summed E-state index contributed by atoms with van der Waals surface area (Å²) in [5, 5.41) is 7.24. The second-order valence-electron chi connectivity index (χ2n) is 3.97. The van der Waals surface area contributed by atoms with Crippen LogP contribution in [-0.4, -0.2) is 14.8 Å². The Bertz CT molecular complexity index is 556. The minimum atomic E-state index is -0.0801. The Morgan fingerprint density at radius 1 is 1.50 bits per heavy atom. The first-order valence-corrected chi connectivity index (χ1v) is 6.17. The fourth-order valence-electron chi connectivity index (χ4n) is 1.57. The molecule has 16 heavy (non-hydrogen) atoms. The predicted octanol–water partition coefficient (Wildman–Crippen LogP) is 1.63. The van der Waals surface area contributed by atoms with E-state index in [0.29, 0.717) is 12.5 Å². The first-order valence-electron chi connectivity index (χ1n) is 5.29. The number of hydrogen-bond donors (Lipinski definition) is 0. The lowest BCUT2D eigenvalue weighted by Crippen LogP contribution is -2.21. The summed E-state index contributed by atoms with van der Waals surface area (Å²) in [5.74, 6) is 0.680. The molecular weight excluding hydrogens is 222 g/mol. The standard InChI is InChI=1S/C11H11N3OS/c15-10-2-1-5-12-14(10)6-9-7-16-11(13-9)8-3-4-8/h1-2,5,7-8H,3-4,6H2. The minimum Gasteiger partial charge on any atom is -0.268 e. The smallest absolute Gasteiger partial charge is 0.267 e. The third-order valence-electron chi connectivity index (χ3n) is 2.59. The van der Waals surface area contributed by atoms with Crippen molar-refractivity contribution < 1.29 is 0 Å². The Kier molecular flexibility index (Phi) is 2.32. The highest BCUT2D eigenvalue weighted by Crippen LogP contribution is 2.41. The van der Waals surface area contributed by atoms with Gasteiger partial charge in [0.05, 0.1) is 17.2 Å². The first-order chi connectivity index (χ1) is 7.83. The van der Waals surface area contributed by atoms with Gasteiger partial charge in [0.15, 0.2) is 0 Å². The molecule has 0 aliphatic heterocycles. The Hall–Kier alpha value is -1.49. The average Bonchev–Trinajstić information content (AvgIpc) is 3.03. The normalized spacial score (nSPS) is 15.2. The molecule has 0 saturated heterocycles. The first kappa shape index (κ1) is 9.72. The molecule has 1 aliphatic carbocycles. The maximum atomic E-state index is 11.5. The van der Waals surface area contributed by atoms with Crippen LogP contribution in [0, 0.1) is 0 Å². The zero-order chi connectivity index (χ0) is 11.0. The van der Waals surface area contributed by atoms with Gasteiger partial charge in [-0.2, -0.15) is 5.10 Å². The Labute approximate surface area is 96.6 Å². The van der Waals surface area contributed by atoms with E-state index in [1.165, 1.54) is 28.6 Å². The highest BCUT2D eigenvalue weighted by Gasteiger charge is 2.26. The minimum absolute atomic E-state index is 0.0801. The van der Waals surface area contributed by atoms with Crippen LogP contribution in [0.25, 0.3) is 0 Å². The number of rotatable bonds is 3. The van der Waals surface area contributed by atoms with Crippen LogP contribution in [0.1, 0.15) is 29.5 Å². The summed E-state index contributed by atoms with van der Waals surface area (Å²) in [4.78, 5) is 16.0. The maximum Gasteiger partial charge on any atom is 0.267 e. The van der Waals surface area contributed by atoms with Crippen LogP contribution in [0.2, 0.25) is 0 Å². The van der Waals surface area contributed by atoms with E-state index in [9.17, 15) is 4.79 Å². The third kappa shape index (κ3) is 1.90. The van der Waals surface area contributed by atoms with Gasteiger partial charge in [-0.1, -0.05) is 0 Å². The van der Waals surface area contributed by atoms with Crippen LogP contribution in [0.3, 0.4) is 0 Å². The van der Waals surface area contributed by atoms with Crippen LogP contribution in [0.4, 0.5) is 0 Å². The van der Waals surface area contributed by atoms with Crippen molar-refractivity contribution in [1.82, 2.24) is 14.8 Å². The summed E-state index contributed by atoms with van der Waals surface area (Å²) in [6, 6.07) is 3.16. The van der Waals surface area contributed by atoms with Crippen molar-refractivity contribution in [1.29, 1.82) is 0 Å². The van der Waals surface area contributed by atoms with Gasteiger partial charge in [0.25, 0.3) is 5.56 Å². The SMILES string of the molecule is O=c1cccnn1Cc1csc(C2CC2)n1. The molecule has 1 aliphatic rings. The quantitative estimate of drug-likeness (QED) is 0.809. The van der Waals surface area contributed by atoms with Crippen molar-refractivity contribution in [2.24, 2.45) is 0 Å². The largest absolute Gasteiger partial charge is 0.268 e. The predicted molar refractivity (Wildman–Crippen MR) is 61.7 cm³/mol. The number of nitrogens with zero attached hydrogens (tertiary/aromatic N) is 3. The molecule has 0 aromatic carbocycles. The Balaban J connectivity index is 1.83. The van der Waals surface area contributed by atoms with Crippen molar-refractivity contribution in [2.75, 3.05) is 0 Å². The molecule has 2 aromatic rings. The lowest BCUT2D eigenvalue weighted by Gasteiger charge is -1.99. The summed E-state index contributed by atoms with van der Waals surface area (Å²) < 4.78 is 1.44. The van der Waals surface area contributed by atoms with Crippen LogP contribution in [0.5, 0.6) is 0 Å². The van der Waals surface area contributed by atoms with Crippen LogP contribution in [-0.2, 0) is 6.54 Å². The second-order valence-corrected chi connectivity index (χ2v) is 4.86. The summed E-state index contributed by atoms with van der Waals surface area (Å²) in [7, 11) is 0. The molecule has 5 heteroatoms. The molecule has 0 radical (unpaired) electrons. The molecule has 4 nitrogen and oxygen atoms in total. The van der Waals surface area contributed by atoms with Gasteiger partial charge in [0.2, 0.25) is 0 Å². The Morgan fingerprint density at radius 2 is 2.38 bits per heavy atom. The van der Waals surface area contributed by atoms with Gasteiger partial charge in [-0.3, -0.25) is 4.79 Å². The molecule has 0 atom stereocenters. The zero-order valence-corrected chi connectivity index (χ0v) is 9.48. The van der Waals surface area contributed by atoms with E-state index in [0.717, 1.165) is 5.69 Å². The van der Waals surface area contributed by atoms with Crippen molar-refractivity contribution in [3.63, 3.8) is 0 Å². The Morgan fingerprint density at radius 3 is 3.12 bits per heavy atom. The van der Waals surface area contributed by atoms with E-state index in [4.69, 9.17) is 0 Å². The van der Waals surface area contributed by atoms with Gasteiger partial charge in [-0.25, -0.2) is 9.67 Å². The average molecular weight is 233 g/mol. The van der Waals surface area contributed by atoms with Crippen molar-refractivity contribution in [3.8, 4) is 0 Å². The highest BCUT2D eigenvalue weighted by atomic mass is 32.1. The summed E-state index contributed by atoms with van der Waals surface area (Å²) in [5.41, 5.74) is 0.858. The molecule has 1 saturated carbocycles. The lowest BCUT2D eigenvalue weighted by atomic mass is 10.4. The van der Waals surface area contributed by atoms with Gasteiger partial charge in [0.1, 0.15) is 0 Å². The van der Waals surface area contributed by atoms with Gasteiger partial charge in [-0.15, -0.1) is 11.3 Å². The van der Waals surface area contributed by atoms with Crippen molar-refractivity contribution in [3.05, 3.63) is 44.8 Å². The van der Waals surface area contributed by atoms with E-state index in [1.807, 2.05) is 5.38 Å². The molecule has 3 rings (SSSR count). The van der Waals surface area contributed by atoms with E-state index < -0.39 is 0 Å². The number of thiazole rings is 1. The summed E-state index contributed by atoms with van der Waals surface area (Å²) >= 11 is 1.69. The van der Waals surface area contributed by atoms with Gasteiger partial charge >= 0.3 is 0 Å². The molecule has 82 valence electrons. The molecule has 0 amide bonds. The lowest BCUT2D eigenvalue weighted by molar-refractivity contribution is 0.629. The van der Waals surface area contributed by atoms with Gasteiger partial charge in [-0.05, 0) is 18.9 Å². The third-order valence-corrected chi connectivity index (χ3v) is 3.65. The fourth-order valence-corrected chi connectivity index (χ4v) is 2.55. The molecule has 0 bridgehead atoms. The molecule has 1 fully saturated rings. The van der Waals surface area contributed by atoms with E-state index in [-0.39, 0.29) is 5.56 Å². The topological polar surface area (TPSA) is 47.8 Å². The van der Waals surface area contributed by atoms with E-state index in [2.05, 4.69) is 10.1 Å². The van der Waals surface area contributed by atoms with E-state index >= 15 is 0 Å². The summed E-state index contributed by atoms with van der Waals surface area (Å²) in [6.07, 6.45) is 4.14. The summed E-state index contributed by atoms with van der Waals surface area (Å²) in [6.45, 7) is 0.475. The number of aromatic nitrogens is 3. The van der Waals surface area contributed by atoms with Crippen LogP contribution < -0.4 is 5.56 Å². The van der Waals surface area contributed by atoms with Gasteiger partial charge in [0, 0.05) is 23.6 Å². The van der Waals surface area contributed by atoms with Gasteiger partial charge < -0.3 is 0 Å². The second kappa shape index (κ2) is 3.83. The van der Waals surface area contributed by atoms with Crippen LogP contribution >= 0.6 is 11.3 Å².